The van der Waals surface area contributed by atoms with Gasteiger partial charge in [-0.15, -0.1) is 0 Å². The highest BCUT2D eigenvalue weighted by Crippen LogP contribution is 2.30. The largest absolute Gasteiger partial charge is 0.355 e. The summed E-state index contributed by atoms with van der Waals surface area (Å²) < 4.78 is 0. The normalized spacial score (nSPS) is 12.9. The van der Waals surface area contributed by atoms with Crippen LogP contribution in [0.5, 0.6) is 0 Å². The van der Waals surface area contributed by atoms with Gasteiger partial charge in [0.2, 0.25) is 5.91 Å². The number of aromatic nitrogens is 1. The minimum Gasteiger partial charge on any atom is -0.355 e. The van der Waals surface area contributed by atoms with Gasteiger partial charge >= 0.3 is 0 Å². The minimum absolute atomic E-state index is 0.0236. The molecule has 0 radical (unpaired) electrons. The number of carbonyl (C=O) groups is 2. The zero-order valence-electron chi connectivity index (χ0n) is 16.1. The van der Waals surface area contributed by atoms with E-state index in [2.05, 4.69) is 20.9 Å². The summed E-state index contributed by atoms with van der Waals surface area (Å²) in [7, 11) is 0. The van der Waals surface area contributed by atoms with E-state index < -0.39 is 0 Å². The highest BCUT2D eigenvalue weighted by Gasteiger charge is 2.29. The van der Waals surface area contributed by atoms with Gasteiger partial charge in [-0.2, -0.15) is 0 Å². The number of rotatable bonds is 6. The second kappa shape index (κ2) is 8.14. The van der Waals surface area contributed by atoms with Crippen LogP contribution in [-0.2, 0) is 4.79 Å². The van der Waals surface area contributed by atoms with E-state index >= 15 is 0 Å². The first-order chi connectivity index (χ1) is 14.1. The summed E-state index contributed by atoms with van der Waals surface area (Å²) in [6.45, 7) is 1.96. The van der Waals surface area contributed by atoms with E-state index in [1.807, 2.05) is 55.5 Å². The van der Waals surface area contributed by atoms with Gasteiger partial charge in [0, 0.05) is 40.8 Å². The summed E-state index contributed by atoms with van der Waals surface area (Å²) in [6, 6.07) is 18.6. The Kier molecular flexibility index (Phi) is 5.24. The molecule has 4 rings (SSSR count). The molecule has 6 heteroatoms. The van der Waals surface area contributed by atoms with Crippen LogP contribution in [0, 0.1) is 12.8 Å². The Morgan fingerprint density at radius 1 is 0.897 bits per heavy atom. The van der Waals surface area contributed by atoms with Gasteiger partial charge in [0.25, 0.3) is 5.91 Å². The van der Waals surface area contributed by atoms with E-state index in [-0.39, 0.29) is 17.7 Å². The fraction of sp³-hybridized carbons (Fsp3) is 0.174. The highest BCUT2D eigenvalue weighted by atomic mass is 16.2. The van der Waals surface area contributed by atoms with E-state index in [4.69, 9.17) is 0 Å². The predicted molar refractivity (Wildman–Crippen MR) is 114 cm³/mol. The molecule has 0 bridgehead atoms. The Morgan fingerprint density at radius 3 is 2.45 bits per heavy atom. The van der Waals surface area contributed by atoms with Crippen molar-refractivity contribution >= 4 is 34.7 Å². The highest BCUT2D eigenvalue weighted by molar-refractivity contribution is 6.04. The Morgan fingerprint density at radius 2 is 1.66 bits per heavy atom. The minimum atomic E-state index is -0.153. The van der Waals surface area contributed by atoms with E-state index in [1.54, 1.807) is 18.3 Å². The lowest BCUT2D eigenvalue weighted by Crippen LogP contribution is -2.14. The zero-order chi connectivity index (χ0) is 20.2. The molecule has 6 nitrogen and oxygen atoms in total. The first kappa shape index (κ1) is 18.7. The fourth-order valence-electron chi connectivity index (χ4n) is 2.98. The Labute approximate surface area is 169 Å². The van der Waals surface area contributed by atoms with Crippen LogP contribution < -0.4 is 16.0 Å². The number of nitrogens with one attached hydrogen (secondary N) is 3. The molecule has 146 valence electrons. The zero-order valence-corrected chi connectivity index (χ0v) is 16.1. The maximum Gasteiger partial charge on any atom is 0.255 e. The lowest BCUT2D eigenvalue weighted by molar-refractivity contribution is -0.117. The third-order valence-corrected chi connectivity index (χ3v) is 4.65. The molecule has 3 aromatic rings. The van der Waals surface area contributed by atoms with Gasteiger partial charge in [0.05, 0.1) is 0 Å². The van der Waals surface area contributed by atoms with Crippen molar-refractivity contribution in [2.45, 2.75) is 19.8 Å². The molecule has 3 N–H and O–H groups in total. The number of anilines is 4. The number of hydrogen-bond donors (Lipinski definition) is 3. The number of hydrogen-bond acceptors (Lipinski definition) is 4. The quantitative estimate of drug-likeness (QED) is 0.572. The standard InChI is InChI=1S/C23H22N4O2/c1-15-4-2-5-17(12-15)23(29)26-19-7-3-6-18(13-19)25-20-10-11-24-21(14-20)27-22(28)16-8-9-16/h2-7,10-14,16H,8-9H2,1H3,(H,26,29)(H2,24,25,27,28). The van der Waals surface area contributed by atoms with Gasteiger partial charge in [0.15, 0.2) is 0 Å². The summed E-state index contributed by atoms with van der Waals surface area (Å²) >= 11 is 0. The molecule has 1 aliphatic carbocycles. The van der Waals surface area contributed by atoms with Gasteiger partial charge in [-0.3, -0.25) is 9.59 Å². The Bertz CT molecular complexity index is 1060. The molecule has 0 aliphatic heterocycles. The van der Waals surface area contributed by atoms with Crippen molar-refractivity contribution in [3.05, 3.63) is 78.0 Å². The first-order valence-electron chi connectivity index (χ1n) is 9.59. The van der Waals surface area contributed by atoms with Gasteiger partial charge in [-0.05, 0) is 56.2 Å². The lowest BCUT2D eigenvalue weighted by atomic mass is 10.1. The van der Waals surface area contributed by atoms with Gasteiger partial charge in [0.1, 0.15) is 5.82 Å². The van der Waals surface area contributed by atoms with Crippen molar-refractivity contribution in [1.29, 1.82) is 0 Å². The summed E-state index contributed by atoms with van der Waals surface area (Å²) in [5.41, 5.74) is 3.97. The smallest absolute Gasteiger partial charge is 0.255 e. The number of pyridine rings is 1. The first-order valence-corrected chi connectivity index (χ1v) is 9.59. The number of carbonyl (C=O) groups excluding carboxylic acids is 2. The molecular formula is C23H22N4O2. The van der Waals surface area contributed by atoms with Crippen molar-refractivity contribution < 1.29 is 9.59 Å². The maximum absolute atomic E-state index is 12.5. The van der Waals surface area contributed by atoms with Crippen LogP contribution in [0.1, 0.15) is 28.8 Å². The van der Waals surface area contributed by atoms with Gasteiger partial charge in [-0.1, -0.05) is 23.8 Å². The third-order valence-electron chi connectivity index (χ3n) is 4.65. The van der Waals surface area contributed by atoms with Crippen LogP contribution in [0.3, 0.4) is 0 Å². The Balaban J connectivity index is 1.43. The van der Waals surface area contributed by atoms with Crippen LogP contribution in [0.4, 0.5) is 22.9 Å². The molecule has 1 saturated carbocycles. The van der Waals surface area contributed by atoms with Crippen molar-refractivity contribution in [1.82, 2.24) is 4.98 Å². The van der Waals surface area contributed by atoms with E-state index in [0.29, 0.717) is 17.1 Å². The predicted octanol–water partition coefficient (Wildman–Crippen LogP) is 4.73. The van der Waals surface area contributed by atoms with Crippen LogP contribution in [-0.4, -0.2) is 16.8 Å². The van der Waals surface area contributed by atoms with Crippen LogP contribution in [0.2, 0.25) is 0 Å². The second-order valence-corrected chi connectivity index (χ2v) is 7.22. The van der Waals surface area contributed by atoms with Crippen LogP contribution in [0.15, 0.2) is 66.9 Å². The van der Waals surface area contributed by atoms with Crippen molar-refractivity contribution in [2.75, 3.05) is 16.0 Å². The molecule has 2 amide bonds. The average molecular weight is 386 g/mol. The molecule has 1 aromatic heterocycles. The van der Waals surface area contributed by atoms with Gasteiger partial charge in [-0.25, -0.2) is 4.98 Å². The molecule has 1 heterocycles. The number of benzene rings is 2. The second-order valence-electron chi connectivity index (χ2n) is 7.22. The molecule has 1 aliphatic rings. The van der Waals surface area contributed by atoms with E-state index in [1.165, 1.54) is 0 Å². The maximum atomic E-state index is 12.5. The Hall–Kier alpha value is -3.67. The fourth-order valence-corrected chi connectivity index (χ4v) is 2.98. The molecule has 1 fully saturated rings. The number of amides is 2. The van der Waals surface area contributed by atoms with E-state index in [0.717, 1.165) is 29.8 Å². The monoisotopic (exact) mass is 386 g/mol. The summed E-state index contributed by atoms with van der Waals surface area (Å²) in [4.78, 5) is 28.6. The van der Waals surface area contributed by atoms with Crippen LogP contribution >= 0.6 is 0 Å². The number of nitrogens with zero attached hydrogens (tertiary/aromatic N) is 1. The lowest BCUT2D eigenvalue weighted by Gasteiger charge is -2.11. The third kappa shape index (κ3) is 4.99. The van der Waals surface area contributed by atoms with Crippen LogP contribution in [0.25, 0.3) is 0 Å². The summed E-state index contributed by atoms with van der Waals surface area (Å²) in [5, 5.41) is 9.05. The SMILES string of the molecule is Cc1cccc(C(=O)Nc2cccc(Nc3ccnc(NC(=O)C4CC4)c3)c2)c1. The van der Waals surface area contributed by atoms with Gasteiger partial charge < -0.3 is 16.0 Å². The summed E-state index contributed by atoms with van der Waals surface area (Å²) in [6.07, 6.45) is 3.55. The average Bonchev–Trinajstić information content (AvgIpc) is 3.54. The molecule has 29 heavy (non-hydrogen) atoms. The molecule has 0 unspecified atom stereocenters. The number of aryl methyl sites for hydroxylation is 1. The van der Waals surface area contributed by atoms with E-state index in [9.17, 15) is 9.59 Å². The molecule has 0 spiro atoms. The van der Waals surface area contributed by atoms with Crippen molar-refractivity contribution in [2.24, 2.45) is 5.92 Å². The molecule has 0 atom stereocenters. The molecule has 0 saturated heterocycles. The van der Waals surface area contributed by atoms with Crippen molar-refractivity contribution in [3.8, 4) is 0 Å². The molecular weight excluding hydrogens is 364 g/mol. The summed E-state index contributed by atoms with van der Waals surface area (Å²) in [5.74, 6) is 0.522. The topological polar surface area (TPSA) is 83.1 Å². The molecule has 2 aromatic carbocycles. The van der Waals surface area contributed by atoms with Crippen molar-refractivity contribution in [3.63, 3.8) is 0 Å².